The standard InChI is InChI=1S/C13H18NO7P/c1-21-13(9-5-3-2-4-6-9)22(19,20)14-10(12(17)18)7-8-11(15)16/h2-6,10,13H,7-8H2,1H3,(H,15,16)(H,17,18)(H2,14,19,20). The summed E-state index contributed by atoms with van der Waals surface area (Å²) in [5.41, 5.74) is 0.408. The smallest absolute Gasteiger partial charge is 0.321 e. The molecule has 0 bridgehead atoms. The molecule has 0 saturated carbocycles. The van der Waals surface area contributed by atoms with Crippen LogP contribution in [0.15, 0.2) is 30.3 Å². The van der Waals surface area contributed by atoms with Crippen LogP contribution in [-0.2, 0) is 18.9 Å². The van der Waals surface area contributed by atoms with Gasteiger partial charge >= 0.3 is 19.5 Å². The van der Waals surface area contributed by atoms with Crippen LogP contribution in [0.2, 0.25) is 0 Å². The Morgan fingerprint density at radius 1 is 1.27 bits per heavy atom. The molecule has 0 spiro atoms. The highest BCUT2D eigenvalue weighted by Crippen LogP contribution is 2.52. The molecule has 0 saturated heterocycles. The summed E-state index contributed by atoms with van der Waals surface area (Å²) in [4.78, 5) is 31.8. The van der Waals surface area contributed by atoms with E-state index in [1.807, 2.05) is 0 Å². The number of carboxylic acid groups (broad SMARTS) is 2. The van der Waals surface area contributed by atoms with E-state index in [1.54, 1.807) is 30.3 Å². The minimum Gasteiger partial charge on any atom is -0.481 e. The first-order valence-electron chi connectivity index (χ1n) is 6.40. The lowest BCUT2D eigenvalue weighted by molar-refractivity contribution is -0.140. The highest BCUT2D eigenvalue weighted by atomic mass is 31.2. The number of carboxylic acids is 2. The van der Waals surface area contributed by atoms with Crippen LogP contribution in [0.1, 0.15) is 24.3 Å². The lowest BCUT2D eigenvalue weighted by Gasteiger charge is -2.25. The van der Waals surface area contributed by atoms with Crippen LogP contribution in [0.3, 0.4) is 0 Å². The normalized spacial score (nSPS) is 16.5. The first-order chi connectivity index (χ1) is 10.3. The van der Waals surface area contributed by atoms with E-state index in [0.717, 1.165) is 0 Å². The minimum atomic E-state index is -4.24. The molecule has 0 amide bonds. The first-order valence-corrected chi connectivity index (χ1v) is 8.13. The summed E-state index contributed by atoms with van der Waals surface area (Å²) in [7, 11) is -3.01. The van der Waals surface area contributed by atoms with E-state index in [9.17, 15) is 19.0 Å². The number of hydrogen-bond donors (Lipinski definition) is 4. The zero-order chi connectivity index (χ0) is 16.8. The van der Waals surface area contributed by atoms with Crippen molar-refractivity contribution < 1.29 is 34.0 Å². The van der Waals surface area contributed by atoms with Crippen molar-refractivity contribution >= 4 is 19.5 Å². The fraction of sp³-hybridized carbons (Fsp3) is 0.385. The Kier molecular flexibility index (Phi) is 6.70. The van der Waals surface area contributed by atoms with Gasteiger partial charge < -0.3 is 19.8 Å². The molecule has 0 aliphatic rings. The van der Waals surface area contributed by atoms with Gasteiger partial charge in [0.1, 0.15) is 6.04 Å². The van der Waals surface area contributed by atoms with Crippen molar-refractivity contribution in [3.05, 3.63) is 35.9 Å². The van der Waals surface area contributed by atoms with Gasteiger partial charge in [-0.3, -0.25) is 14.2 Å². The summed E-state index contributed by atoms with van der Waals surface area (Å²) in [6, 6.07) is 6.71. The van der Waals surface area contributed by atoms with Crippen LogP contribution in [0, 0.1) is 0 Å². The zero-order valence-corrected chi connectivity index (χ0v) is 12.8. The van der Waals surface area contributed by atoms with E-state index in [-0.39, 0.29) is 6.42 Å². The van der Waals surface area contributed by atoms with E-state index in [1.165, 1.54) is 7.11 Å². The zero-order valence-electron chi connectivity index (χ0n) is 11.9. The van der Waals surface area contributed by atoms with E-state index < -0.39 is 37.8 Å². The molecule has 0 aliphatic heterocycles. The Labute approximate surface area is 127 Å². The van der Waals surface area contributed by atoms with Gasteiger partial charge in [-0.15, -0.1) is 0 Å². The predicted molar refractivity (Wildman–Crippen MR) is 77.4 cm³/mol. The molecule has 3 atom stereocenters. The summed E-state index contributed by atoms with van der Waals surface area (Å²) < 4.78 is 17.4. The summed E-state index contributed by atoms with van der Waals surface area (Å²) >= 11 is 0. The van der Waals surface area contributed by atoms with Gasteiger partial charge in [0.2, 0.25) is 0 Å². The SMILES string of the molecule is COC(c1ccccc1)P(=O)(O)NC(CCC(=O)O)C(=O)O. The van der Waals surface area contributed by atoms with Crippen molar-refractivity contribution in [3.8, 4) is 0 Å². The summed E-state index contributed by atoms with van der Waals surface area (Å²) in [5, 5.41) is 19.8. The first kappa shape index (κ1) is 18.3. The van der Waals surface area contributed by atoms with Gasteiger partial charge in [-0.2, -0.15) is 0 Å². The Bertz CT molecular complexity index is 563. The Balaban J connectivity index is 2.92. The van der Waals surface area contributed by atoms with Crippen molar-refractivity contribution in [2.75, 3.05) is 7.11 Å². The summed E-state index contributed by atoms with van der Waals surface area (Å²) in [5.74, 6) is -3.84. The average molecular weight is 331 g/mol. The van der Waals surface area contributed by atoms with Gasteiger partial charge in [0.15, 0.2) is 5.85 Å². The third kappa shape index (κ3) is 5.23. The highest BCUT2D eigenvalue weighted by Gasteiger charge is 2.36. The minimum absolute atomic E-state index is 0.319. The lowest BCUT2D eigenvalue weighted by atomic mass is 10.2. The van der Waals surface area contributed by atoms with Gasteiger partial charge in [0, 0.05) is 13.5 Å². The number of ether oxygens (including phenoxy) is 1. The molecule has 0 heterocycles. The lowest BCUT2D eigenvalue weighted by Crippen LogP contribution is -2.36. The largest absolute Gasteiger partial charge is 0.481 e. The van der Waals surface area contributed by atoms with E-state index in [0.29, 0.717) is 5.56 Å². The molecular formula is C13H18NO7P. The number of carbonyl (C=O) groups is 2. The quantitative estimate of drug-likeness (QED) is 0.499. The third-order valence-electron chi connectivity index (χ3n) is 2.91. The topological polar surface area (TPSA) is 133 Å². The number of benzene rings is 1. The second-order valence-electron chi connectivity index (χ2n) is 4.57. The van der Waals surface area contributed by atoms with Crippen molar-refractivity contribution in [1.29, 1.82) is 0 Å². The maximum Gasteiger partial charge on any atom is 0.321 e. The van der Waals surface area contributed by atoms with Crippen LogP contribution in [0.4, 0.5) is 0 Å². The van der Waals surface area contributed by atoms with Gasteiger partial charge in [0.25, 0.3) is 0 Å². The maximum absolute atomic E-state index is 12.4. The Hall–Kier alpha value is -1.73. The molecule has 1 rings (SSSR count). The second kappa shape index (κ2) is 8.05. The predicted octanol–water partition coefficient (Wildman–Crippen LogP) is 1.42. The van der Waals surface area contributed by atoms with Crippen LogP contribution in [0.25, 0.3) is 0 Å². The van der Waals surface area contributed by atoms with Crippen LogP contribution >= 0.6 is 7.52 Å². The van der Waals surface area contributed by atoms with Gasteiger partial charge in [0.05, 0.1) is 0 Å². The fourth-order valence-electron chi connectivity index (χ4n) is 1.90. The summed E-state index contributed by atoms with van der Waals surface area (Å²) in [6.07, 6.45) is -0.757. The molecule has 1 aromatic carbocycles. The Morgan fingerprint density at radius 2 is 1.86 bits per heavy atom. The molecule has 9 heteroatoms. The van der Waals surface area contributed by atoms with Crippen LogP contribution in [-0.4, -0.2) is 40.2 Å². The molecule has 8 nitrogen and oxygen atoms in total. The second-order valence-corrected chi connectivity index (χ2v) is 6.55. The van der Waals surface area contributed by atoms with Crippen LogP contribution < -0.4 is 5.09 Å². The number of hydrogen-bond acceptors (Lipinski definition) is 4. The fourth-order valence-corrected chi connectivity index (χ4v) is 3.58. The van der Waals surface area contributed by atoms with Crippen LogP contribution in [0.5, 0.6) is 0 Å². The monoisotopic (exact) mass is 331 g/mol. The number of methoxy groups -OCH3 is 1. The summed E-state index contributed by atoms with van der Waals surface area (Å²) in [6.45, 7) is 0. The molecule has 0 fully saturated rings. The van der Waals surface area contributed by atoms with Crippen molar-refractivity contribution in [1.82, 2.24) is 5.09 Å². The molecule has 0 aliphatic carbocycles. The highest BCUT2D eigenvalue weighted by molar-refractivity contribution is 7.56. The number of aliphatic carboxylic acids is 2. The molecule has 3 unspecified atom stereocenters. The Morgan fingerprint density at radius 3 is 2.32 bits per heavy atom. The van der Waals surface area contributed by atoms with Gasteiger partial charge in [-0.05, 0) is 12.0 Å². The van der Waals surface area contributed by atoms with Gasteiger partial charge in [-0.25, -0.2) is 5.09 Å². The molecule has 1 aromatic rings. The van der Waals surface area contributed by atoms with Crippen molar-refractivity contribution in [2.24, 2.45) is 0 Å². The molecule has 4 N–H and O–H groups in total. The molecular weight excluding hydrogens is 313 g/mol. The number of rotatable bonds is 9. The van der Waals surface area contributed by atoms with E-state index >= 15 is 0 Å². The number of nitrogens with one attached hydrogen (secondary N) is 1. The van der Waals surface area contributed by atoms with E-state index in [2.05, 4.69) is 5.09 Å². The van der Waals surface area contributed by atoms with E-state index in [4.69, 9.17) is 14.9 Å². The van der Waals surface area contributed by atoms with Crippen molar-refractivity contribution in [3.63, 3.8) is 0 Å². The maximum atomic E-state index is 12.4. The van der Waals surface area contributed by atoms with Crippen molar-refractivity contribution in [2.45, 2.75) is 24.7 Å². The molecule has 0 radical (unpaired) electrons. The van der Waals surface area contributed by atoms with Gasteiger partial charge in [-0.1, -0.05) is 30.3 Å². The molecule has 22 heavy (non-hydrogen) atoms. The molecule has 0 aromatic heterocycles. The molecule has 122 valence electrons. The third-order valence-corrected chi connectivity index (χ3v) is 4.74. The average Bonchev–Trinajstić information content (AvgIpc) is 2.44.